The minimum absolute atomic E-state index is 0.164. The molecule has 12 nitrogen and oxygen atoms in total. The molecule has 1 unspecified atom stereocenters. The van der Waals surface area contributed by atoms with Crippen molar-refractivity contribution in [3.8, 4) is 0 Å². The molecule has 0 amide bonds. The molecule has 1 aromatic rings. The Hall–Kier alpha value is -2.18. The second kappa shape index (κ2) is 6.03. The number of aryl methyl sites for hydroxylation is 1. The van der Waals surface area contributed by atoms with Crippen LogP contribution >= 0.6 is 0 Å². The van der Waals surface area contributed by atoms with Gasteiger partial charge < -0.3 is 14.9 Å². The summed E-state index contributed by atoms with van der Waals surface area (Å²) in [5, 5.41) is 23.4. The average Bonchev–Trinajstić information content (AvgIpc) is 2.78. The number of sulfone groups is 1. The summed E-state index contributed by atoms with van der Waals surface area (Å²) in [5.74, 6) is 0. The van der Waals surface area contributed by atoms with E-state index in [9.17, 15) is 28.2 Å². The second-order valence-electron chi connectivity index (χ2n) is 5.48. The third-order valence-electron chi connectivity index (χ3n) is 3.61. The Labute approximate surface area is 134 Å². The smallest absolute Gasteiger partial charge is 0.330 e. The number of ether oxygens (including phenoxy) is 1. The molecule has 1 aromatic heterocycles. The van der Waals surface area contributed by atoms with Gasteiger partial charge in [-0.2, -0.15) is 0 Å². The number of H-pyrrole nitrogens is 1. The van der Waals surface area contributed by atoms with Crippen LogP contribution in [-0.2, 0) is 14.6 Å². The highest BCUT2D eigenvalue weighted by Gasteiger charge is 2.53. The van der Waals surface area contributed by atoms with E-state index >= 15 is 0 Å². The van der Waals surface area contributed by atoms with Crippen LogP contribution in [0.1, 0.15) is 18.2 Å². The molecule has 3 N–H and O–H groups in total. The van der Waals surface area contributed by atoms with Crippen molar-refractivity contribution >= 4 is 9.84 Å². The lowest BCUT2D eigenvalue weighted by Gasteiger charge is -2.25. The number of nitrogens with one attached hydrogen (secondary N) is 1. The van der Waals surface area contributed by atoms with E-state index in [2.05, 4.69) is 10.0 Å². The fourth-order valence-corrected chi connectivity index (χ4v) is 3.09. The zero-order valence-corrected chi connectivity index (χ0v) is 13.5. The number of hydrogen-bond acceptors (Lipinski definition) is 8. The Morgan fingerprint density at radius 3 is 2.75 bits per heavy atom. The maximum atomic E-state index is 11.9. The van der Waals surface area contributed by atoms with Crippen LogP contribution in [0.4, 0.5) is 0 Å². The minimum atomic E-state index is -4.06. The van der Waals surface area contributed by atoms with Crippen molar-refractivity contribution in [3.05, 3.63) is 43.0 Å². The minimum Gasteiger partial charge on any atom is -0.381 e. The lowest BCUT2D eigenvalue weighted by atomic mass is 10.1. The molecule has 0 aromatic carbocycles. The molecule has 0 spiro atoms. The first kappa shape index (κ1) is 18.2. The summed E-state index contributed by atoms with van der Waals surface area (Å²) in [4.78, 5) is 27.7. The van der Waals surface area contributed by atoms with Gasteiger partial charge in [0.15, 0.2) is 21.0 Å². The van der Waals surface area contributed by atoms with Crippen LogP contribution in [0.2, 0.25) is 0 Å². The van der Waals surface area contributed by atoms with Crippen molar-refractivity contribution in [2.75, 3.05) is 6.26 Å². The lowest BCUT2D eigenvalue weighted by molar-refractivity contribution is -0.0917. The summed E-state index contributed by atoms with van der Waals surface area (Å²) < 4.78 is 29.2. The molecule has 0 bridgehead atoms. The second-order valence-corrected chi connectivity index (χ2v) is 7.62. The first-order chi connectivity index (χ1) is 11.0. The topological polar surface area (TPSA) is 187 Å². The lowest BCUT2D eigenvalue weighted by Crippen LogP contribution is -2.47. The van der Waals surface area contributed by atoms with Crippen molar-refractivity contribution in [2.24, 2.45) is 5.11 Å². The van der Waals surface area contributed by atoms with Crippen molar-refractivity contribution in [2.45, 2.75) is 36.8 Å². The molecule has 132 valence electrons. The number of hydrogen-bond donors (Lipinski definition) is 3. The number of aromatic amines is 1. The maximum Gasteiger partial charge on any atom is 0.330 e. The molecule has 1 fully saturated rings. The molecule has 4 atom stereocenters. The SMILES string of the molecule is Cc1cn([C@H]2C[C@@](O)(N=[N+]=[N-])[C@@H](C(O)S(C)(=O)=O)O2)c(=O)[nH]c1=O. The van der Waals surface area contributed by atoms with Gasteiger partial charge in [0, 0.05) is 29.3 Å². The molecule has 2 rings (SSSR count). The summed E-state index contributed by atoms with van der Waals surface area (Å²) in [6.45, 7) is 1.42. The maximum absolute atomic E-state index is 11.9. The van der Waals surface area contributed by atoms with Gasteiger partial charge in [0.25, 0.3) is 5.56 Å². The largest absolute Gasteiger partial charge is 0.381 e. The van der Waals surface area contributed by atoms with E-state index < -0.39 is 51.0 Å². The molecule has 1 aliphatic rings. The van der Waals surface area contributed by atoms with Crippen molar-refractivity contribution in [1.82, 2.24) is 9.55 Å². The summed E-state index contributed by atoms with van der Waals surface area (Å²) >= 11 is 0. The van der Waals surface area contributed by atoms with Crippen LogP contribution in [-0.4, -0.2) is 51.7 Å². The van der Waals surface area contributed by atoms with E-state index in [-0.39, 0.29) is 5.56 Å². The number of azide groups is 1. The molecular weight excluding hydrogens is 346 g/mol. The van der Waals surface area contributed by atoms with Gasteiger partial charge in [-0.3, -0.25) is 14.3 Å². The molecule has 13 heteroatoms. The van der Waals surface area contributed by atoms with Gasteiger partial charge in [-0.15, -0.1) is 0 Å². The van der Waals surface area contributed by atoms with Crippen LogP contribution in [0.5, 0.6) is 0 Å². The number of nitrogens with zero attached hydrogens (tertiary/aromatic N) is 4. The zero-order valence-electron chi connectivity index (χ0n) is 12.6. The van der Waals surface area contributed by atoms with E-state index in [1.165, 1.54) is 6.92 Å². The predicted octanol–water partition coefficient (Wildman–Crippen LogP) is -1.51. The molecule has 1 saturated heterocycles. The molecule has 0 radical (unpaired) electrons. The molecule has 1 aliphatic heterocycles. The Balaban J connectivity index is 2.51. The van der Waals surface area contributed by atoms with Crippen molar-refractivity contribution in [3.63, 3.8) is 0 Å². The monoisotopic (exact) mass is 361 g/mol. The van der Waals surface area contributed by atoms with Gasteiger partial charge in [0.05, 0.1) is 0 Å². The Morgan fingerprint density at radius 1 is 1.58 bits per heavy atom. The molecule has 24 heavy (non-hydrogen) atoms. The normalized spacial score (nSPS) is 28.3. The van der Waals surface area contributed by atoms with Crippen molar-refractivity contribution < 1.29 is 23.4 Å². The highest BCUT2D eigenvalue weighted by atomic mass is 32.2. The highest BCUT2D eigenvalue weighted by Crippen LogP contribution is 2.39. The average molecular weight is 361 g/mol. The quantitative estimate of drug-likeness (QED) is 0.330. The van der Waals surface area contributed by atoms with E-state index in [4.69, 9.17) is 10.3 Å². The number of aliphatic hydroxyl groups excluding tert-OH is 1. The molecule has 0 saturated carbocycles. The Kier molecular flexibility index (Phi) is 4.57. The van der Waals surface area contributed by atoms with Crippen LogP contribution in [0.25, 0.3) is 10.4 Å². The van der Waals surface area contributed by atoms with E-state index in [1.54, 1.807) is 0 Å². The van der Waals surface area contributed by atoms with Crippen LogP contribution in [0, 0.1) is 6.92 Å². The molecular formula is C11H15N5O7S. The van der Waals surface area contributed by atoms with E-state index in [1.807, 2.05) is 4.98 Å². The van der Waals surface area contributed by atoms with Gasteiger partial charge >= 0.3 is 5.69 Å². The summed E-state index contributed by atoms with van der Waals surface area (Å²) in [5.41, 5.74) is 2.68. The molecule has 0 aliphatic carbocycles. The Bertz CT molecular complexity index is 915. The van der Waals surface area contributed by atoms with Crippen LogP contribution < -0.4 is 11.2 Å². The zero-order chi connectivity index (χ0) is 18.3. The number of aromatic nitrogens is 2. The summed E-state index contributed by atoms with van der Waals surface area (Å²) in [7, 11) is -4.06. The van der Waals surface area contributed by atoms with Gasteiger partial charge in [-0.25, -0.2) is 13.2 Å². The van der Waals surface area contributed by atoms with Gasteiger partial charge in [-0.05, 0) is 12.5 Å². The number of rotatable bonds is 4. The standard InChI is InChI=1S/C11H15N5O7S/c1-5-4-16(10(19)13-8(5)17)6-3-11(20,14-15-12)7(23-6)9(18)24(2,21)22/h4,6-7,9,18,20H,3H2,1-2H3,(H,13,17,19)/t6-,7-,9?,11+/m1/s1. The van der Waals surface area contributed by atoms with Crippen LogP contribution in [0.3, 0.4) is 0 Å². The van der Waals surface area contributed by atoms with Gasteiger partial charge in [0.2, 0.25) is 0 Å². The summed E-state index contributed by atoms with van der Waals surface area (Å²) in [6.07, 6.45) is -1.71. The fraction of sp³-hybridized carbons (Fsp3) is 0.636. The van der Waals surface area contributed by atoms with E-state index in [0.717, 1.165) is 10.8 Å². The Morgan fingerprint density at radius 2 is 2.21 bits per heavy atom. The van der Waals surface area contributed by atoms with Crippen LogP contribution in [0.15, 0.2) is 20.9 Å². The number of aliphatic hydroxyl groups is 2. The first-order valence-electron chi connectivity index (χ1n) is 6.62. The van der Waals surface area contributed by atoms with Crippen molar-refractivity contribution in [1.29, 1.82) is 0 Å². The first-order valence-corrected chi connectivity index (χ1v) is 8.58. The van der Waals surface area contributed by atoms with Gasteiger partial charge in [0.1, 0.15) is 12.3 Å². The third kappa shape index (κ3) is 3.20. The highest BCUT2D eigenvalue weighted by molar-refractivity contribution is 7.91. The fourth-order valence-electron chi connectivity index (χ4n) is 2.36. The van der Waals surface area contributed by atoms with E-state index in [0.29, 0.717) is 6.26 Å². The summed E-state index contributed by atoms with van der Waals surface area (Å²) in [6, 6.07) is 0. The van der Waals surface area contributed by atoms with Gasteiger partial charge in [-0.1, -0.05) is 5.11 Å². The molecule has 2 heterocycles. The predicted molar refractivity (Wildman–Crippen MR) is 79.5 cm³/mol. The third-order valence-corrected chi connectivity index (χ3v) is 4.73.